The van der Waals surface area contributed by atoms with Crippen LogP contribution in [0.4, 0.5) is 4.39 Å². The fourth-order valence-corrected chi connectivity index (χ4v) is 6.97. The second kappa shape index (κ2) is 14.0. The molecule has 5 nitrogen and oxygen atoms in total. The van der Waals surface area contributed by atoms with Gasteiger partial charge in [-0.3, -0.25) is 4.79 Å². The number of rotatable bonds is 14. The normalized spacial score (nSPS) is 14.4. The first-order valence-electron chi connectivity index (χ1n) is 14.6. The summed E-state index contributed by atoms with van der Waals surface area (Å²) in [5, 5.41) is 23.6. The smallest absolute Gasteiger partial charge is 0.303 e. The topological polar surface area (TPSA) is 72.8 Å². The van der Waals surface area contributed by atoms with Crippen LogP contribution < -0.4 is 5.32 Å². The summed E-state index contributed by atoms with van der Waals surface area (Å²) in [6.45, 7) is 7.57. The highest BCUT2D eigenvalue weighted by Gasteiger charge is 2.28. The molecule has 0 unspecified atom stereocenters. The summed E-state index contributed by atoms with van der Waals surface area (Å²) < 4.78 is 16.2. The van der Waals surface area contributed by atoms with Gasteiger partial charge in [-0.15, -0.1) is 0 Å². The predicted molar refractivity (Wildman–Crippen MR) is 166 cm³/mol. The molecule has 1 atom stereocenters. The molecule has 0 fully saturated rings. The highest BCUT2D eigenvalue weighted by atomic mass is 32.2. The highest BCUT2D eigenvalue weighted by Crippen LogP contribution is 2.34. The molecule has 0 saturated carbocycles. The Kier molecular flexibility index (Phi) is 10.6. The lowest BCUT2D eigenvalue weighted by Gasteiger charge is -2.31. The molecule has 0 radical (unpaired) electrons. The number of benzene rings is 3. The van der Waals surface area contributed by atoms with Crippen LogP contribution in [0.1, 0.15) is 55.9 Å². The zero-order valence-electron chi connectivity index (χ0n) is 24.6. The van der Waals surface area contributed by atoms with Gasteiger partial charge < -0.3 is 15.5 Å². The second-order valence-corrected chi connectivity index (χ2v) is 13.2. The van der Waals surface area contributed by atoms with Crippen molar-refractivity contribution in [1.29, 1.82) is 0 Å². The van der Waals surface area contributed by atoms with E-state index < -0.39 is 12.1 Å². The van der Waals surface area contributed by atoms with Gasteiger partial charge in [-0.25, -0.2) is 8.70 Å². The third-order valence-corrected chi connectivity index (χ3v) is 8.96. The summed E-state index contributed by atoms with van der Waals surface area (Å²) in [6, 6.07) is 19.4. The molecule has 0 spiro atoms. The minimum absolute atomic E-state index is 0.00120. The molecule has 220 valence electrons. The number of carboxylic acid groups (broad SMARTS) is 1. The van der Waals surface area contributed by atoms with Crippen LogP contribution in [-0.4, -0.2) is 52.3 Å². The van der Waals surface area contributed by atoms with Crippen LogP contribution in [-0.2, 0) is 30.5 Å². The van der Waals surface area contributed by atoms with Gasteiger partial charge in [-0.2, -0.15) is 0 Å². The molecule has 41 heavy (non-hydrogen) atoms. The lowest BCUT2D eigenvalue weighted by atomic mass is 9.88. The quantitative estimate of drug-likeness (QED) is 0.189. The van der Waals surface area contributed by atoms with Crippen LogP contribution in [0.3, 0.4) is 0 Å². The van der Waals surface area contributed by atoms with Gasteiger partial charge in [-0.1, -0.05) is 43.3 Å². The van der Waals surface area contributed by atoms with E-state index in [4.69, 9.17) is 5.11 Å². The van der Waals surface area contributed by atoms with Crippen LogP contribution in [0.5, 0.6) is 0 Å². The predicted octanol–water partition coefficient (Wildman–Crippen LogP) is 6.55. The Morgan fingerprint density at radius 3 is 2.46 bits per heavy atom. The van der Waals surface area contributed by atoms with E-state index >= 15 is 0 Å². The molecule has 0 aliphatic heterocycles. The van der Waals surface area contributed by atoms with E-state index in [-0.39, 0.29) is 17.8 Å². The number of aliphatic hydroxyl groups excluding tert-OH is 1. The second-order valence-electron chi connectivity index (χ2n) is 11.9. The fraction of sp³-hybridized carbons (Fsp3) is 0.441. The van der Waals surface area contributed by atoms with Crippen LogP contribution in [0.25, 0.3) is 11.1 Å². The third-order valence-electron chi connectivity index (χ3n) is 7.91. The van der Waals surface area contributed by atoms with Crippen molar-refractivity contribution < 1.29 is 19.4 Å². The van der Waals surface area contributed by atoms with Crippen molar-refractivity contribution in [3.8, 4) is 11.1 Å². The molecule has 0 heterocycles. The SMILES string of the molecule is CCc1cc(-c2cc(F)ccc2CCC(=O)O)ccc1SN(C)C[C@H](O)CNC(C)(C)CC1Cc2ccccc2C1. The van der Waals surface area contributed by atoms with Crippen molar-refractivity contribution in [2.75, 3.05) is 20.1 Å². The number of aliphatic hydroxyl groups is 1. The lowest BCUT2D eigenvalue weighted by molar-refractivity contribution is -0.136. The number of carbonyl (C=O) groups is 1. The molecule has 4 rings (SSSR count). The maximum absolute atomic E-state index is 14.1. The third kappa shape index (κ3) is 8.89. The lowest BCUT2D eigenvalue weighted by Crippen LogP contribution is -2.46. The molecule has 1 aliphatic carbocycles. The number of nitrogens with zero attached hydrogens (tertiary/aromatic N) is 1. The maximum atomic E-state index is 14.1. The van der Waals surface area contributed by atoms with Crippen molar-refractivity contribution in [2.45, 2.75) is 75.8 Å². The van der Waals surface area contributed by atoms with Gasteiger partial charge >= 0.3 is 5.97 Å². The van der Waals surface area contributed by atoms with E-state index in [0.29, 0.717) is 25.4 Å². The number of halogens is 1. The Morgan fingerprint density at radius 2 is 1.80 bits per heavy atom. The summed E-state index contributed by atoms with van der Waals surface area (Å²) in [6.07, 6.45) is 3.96. The van der Waals surface area contributed by atoms with Crippen molar-refractivity contribution >= 4 is 17.9 Å². The Bertz CT molecular complexity index is 1320. The number of nitrogens with one attached hydrogen (secondary N) is 1. The average molecular weight is 579 g/mol. The van der Waals surface area contributed by atoms with Crippen LogP contribution in [0, 0.1) is 11.7 Å². The van der Waals surface area contributed by atoms with E-state index in [9.17, 15) is 14.3 Å². The number of fused-ring (bicyclic) bond motifs is 1. The van der Waals surface area contributed by atoms with E-state index in [0.717, 1.165) is 52.8 Å². The first-order chi connectivity index (χ1) is 19.5. The fourth-order valence-electron chi connectivity index (χ4n) is 5.94. The van der Waals surface area contributed by atoms with Gasteiger partial charge in [0.15, 0.2) is 0 Å². The number of hydrogen-bond donors (Lipinski definition) is 3. The molecule has 0 saturated heterocycles. The number of likely N-dealkylation sites (N-methyl/N-ethyl adjacent to an activating group) is 1. The standard InChI is InChI=1S/C34H43FN2O3S/c1-5-24-18-28(31-19-29(35)13-10-25(31)12-15-33(39)40)11-14-32(24)41-37(4)22-30(38)21-36-34(2,3)20-23-16-26-8-6-7-9-27(26)17-23/h6-11,13-14,18-19,23,30,36,38H,5,12,15-17,20-22H2,1-4H3,(H,39,40)/t30-/m1/s1. The van der Waals surface area contributed by atoms with Crippen molar-refractivity contribution in [2.24, 2.45) is 5.92 Å². The number of aryl methyl sites for hydroxylation is 2. The summed E-state index contributed by atoms with van der Waals surface area (Å²) in [5.74, 6) is -0.583. The molecule has 0 aromatic heterocycles. The minimum atomic E-state index is -0.870. The number of hydrogen-bond acceptors (Lipinski definition) is 5. The summed E-state index contributed by atoms with van der Waals surface area (Å²) in [4.78, 5) is 12.2. The number of aliphatic carboxylic acids is 1. The van der Waals surface area contributed by atoms with Gasteiger partial charge in [-0.05, 0) is 129 Å². The molecule has 3 aromatic rings. The summed E-state index contributed by atoms with van der Waals surface area (Å²) >= 11 is 1.59. The Morgan fingerprint density at radius 1 is 1.10 bits per heavy atom. The average Bonchev–Trinajstić information content (AvgIpc) is 3.33. The zero-order valence-corrected chi connectivity index (χ0v) is 25.4. The number of β-amino-alcohol motifs (C(OH)–C–C–N with tert-alkyl or cyclic N) is 1. The number of carboxylic acids is 1. The van der Waals surface area contributed by atoms with Gasteiger partial charge in [0.1, 0.15) is 5.82 Å². The first-order valence-corrected chi connectivity index (χ1v) is 15.3. The molecule has 1 aliphatic rings. The minimum Gasteiger partial charge on any atom is -0.481 e. The molecule has 3 N–H and O–H groups in total. The maximum Gasteiger partial charge on any atom is 0.303 e. The molecular formula is C34H43FN2O3S. The van der Waals surface area contributed by atoms with Crippen LogP contribution in [0.15, 0.2) is 65.6 Å². The van der Waals surface area contributed by atoms with Crippen LogP contribution >= 0.6 is 11.9 Å². The van der Waals surface area contributed by atoms with Crippen molar-refractivity contribution in [1.82, 2.24) is 9.62 Å². The van der Waals surface area contributed by atoms with E-state index in [1.54, 1.807) is 18.0 Å². The molecule has 0 amide bonds. The monoisotopic (exact) mass is 578 g/mol. The van der Waals surface area contributed by atoms with Crippen LogP contribution in [0.2, 0.25) is 0 Å². The first kappa shape index (κ1) is 31.2. The largest absolute Gasteiger partial charge is 0.481 e. The van der Waals surface area contributed by atoms with E-state index in [1.165, 1.54) is 23.3 Å². The molecule has 3 aromatic carbocycles. The van der Waals surface area contributed by atoms with E-state index in [1.807, 2.05) is 19.2 Å². The van der Waals surface area contributed by atoms with Crippen molar-refractivity contribution in [3.63, 3.8) is 0 Å². The Labute approximate surface area is 248 Å². The van der Waals surface area contributed by atoms with Gasteiger partial charge in [0.2, 0.25) is 0 Å². The zero-order chi connectivity index (χ0) is 29.6. The Balaban J connectivity index is 1.32. The van der Waals surface area contributed by atoms with Gasteiger partial charge in [0.05, 0.1) is 6.10 Å². The van der Waals surface area contributed by atoms with Gasteiger partial charge in [0, 0.05) is 29.9 Å². The molecule has 0 bridgehead atoms. The Hall–Kier alpha value is -2.71. The highest BCUT2D eigenvalue weighted by molar-refractivity contribution is 7.97. The van der Waals surface area contributed by atoms with E-state index in [2.05, 4.69) is 60.7 Å². The molecule has 7 heteroatoms. The summed E-state index contributed by atoms with van der Waals surface area (Å²) in [7, 11) is 1.98. The molecular weight excluding hydrogens is 535 g/mol. The van der Waals surface area contributed by atoms with Gasteiger partial charge in [0.25, 0.3) is 0 Å². The summed E-state index contributed by atoms with van der Waals surface area (Å²) in [5.41, 5.74) is 6.44. The van der Waals surface area contributed by atoms with Crippen molar-refractivity contribution in [3.05, 3.63) is 88.7 Å².